The van der Waals surface area contributed by atoms with Crippen molar-refractivity contribution in [3.63, 3.8) is 0 Å². The van der Waals surface area contributed by atoms with E-state index in [4.69, 9.17) is 9.15 Å². The lowest BCUT2D eigenvalue weighted by atomic mass is 10.2. The third-order valence-corrected chi connectivity index (χ3v) is 3.15. The number of ether oxygens (including phenoxy) is 1. The average molecular weight is 303 g/mol. The standard InChI is InChI=1S/C15H11BrO2/c16-12-5-3-6-13(9-12)17-10-14-8-11-4-1-2-7-15(11)18-14/h1-9H,10H2. The number of rotatable bonds is 3. The molecule has 0 amide bonds. The molecule has 0 N–H and O–H groups in total. The normalized spacial score (nSPS) is 10.7. The highest BCUT2D eigenvalue weighted by molar-refractivity contribution is 9.10. The number of para-hydroxylation sites is 1. The second-order valence-corrected chi connectivity index (χ2v) is 4.91. The summed E-state index contributed by atoms with van der Waals surface area (Å²) in [4.78, 5) is 0. The van der Waals surface area contributed by atoms with Crippen LogP contribution < -0.4 is 4.74 Å². The van der Waals surface area contributed by atoms with E-state index in [0.717, 1.165) is 27.0 Å². The molecule has 3 heteroatoms. The van der Waals surface area contributed by atoms with E-state index < -0.39 is 0 Å². The van der Waals surface area contributed by atoms with Crippen molar-refractivity contribution in [3.05, 3.63) is 64.8 Å². The SMILES string of the molecule is Brc1cccc(OCc2cc3ccccc3o2)c1. The maximum Gasteiger partial charge on any atom is 0.146 e. The van der Waals surface area contributed by atoms with Gasteiger partial charge in [0.05, 0.1) is 0 Å². The van der Waals surface area contributed by atoms with Crippen LogP contribution in [-0.4, -0.2) is 0 Å². The van der Waals surface area contributed by atoms with Crippen LogP contribution in [0.15, 0.2) is 63.5 Å². The third kappa shape index (κ3) is 2.41. The zero-order valence-electron chi connectivity index (χ0n) is 9.60. The Hall–Kier alpha value is -1.74. The van der Waals surface area contributed by atoms with Gasteiger partial charge in [0.2, 0.25) is 0 Å². The molecule has 0 fully saturated rings. The van der Waals surface area contributed by atoms with Crippen LogP contribution in [0.1, 0.15) is 5.76 Å². The first-order valence-corrected chi connectivity index (χ1v) is 6.46. The summed E-state index contributed by atoms with van der Waals surface area (Å²) in [6.45, 7) is 0.436. The lowest BCUT2D eigenvalue weighted by Gasteiger charge is -2.03. The van der Waals surface area contributed by atoms with E-state index in [9.17, 15) is 0 Å². The lowest BCUT2D eigenvalue weighted by Crippen LogP contribution is -1.93. The zero-order valence-corrected chi connectivity index (χ0v) is 11.2. The summed E-state index contributed by atoms with van der Waals surface area (Å²) < 4.78 is 12.4. The largest absolute Gasteiger partial charge is 0.486 e. The topological polar surface area (TPSA) is 22.4 Å². The minimum absolute atomic E-state index is 0.436. The Morgan fingerprint density at radius 1 is 1.00 bits per heavy atom. The summed E-state index contributed by atoms with van der Waals surface area (Å²) in [6, 6.07) is 17.7. The Balaban J connectivity index is 1.76. The number of fused-ring (bicyclic) bond motifs is 1. The molecule has 3 aromatic rings. The summed E-state index contributed by atoms with van der Waals surface area (Å²) in [5.41, 5.74) is 0.894. The van der Waals surface area contributed by atoms with Gasteiger partial charge in [0.25, 0.3) is 0 Å². The van der Waals surface area contributed by atoms with E-state index in [1.807, 2.05) is 54.6 Å². The maximum atomic E-state index is 5.68. The predicted octanol–water partition coefficient (Wildman–Crippen LogP) is 4.77. The molecule has 0 saturated carbocycles. The molecule has 0 saturated heterocycles. The minimum Gasteiger partial charge on any atom is -0.486 e. The molecular weight excluding hydrogens is 292 g/mol. The summed E-state index contributed by atoms with van der Waals surface area (Å²) >= 11 is 3.41. The van der Waals surface area contributed by atoms with Crippen molar-refractivity contribution in [1.82, 2.24) is 0 Å². The quantitative estimate of drug-likeness (QED) is 0.695. The second kappa shape index (κ2) is 4.86. The van der Waals surface area contributed by atoms with E-state index in [2.05, 4.69) is 15.9 Å². The van der Waals surface area contributed by atoms with Crippen molar-refractivity contribution in [1.29, 1.82) is 0 Å². The molecule has 1 heterocycles. The lowest BCUT2D eigenvalue weighted by molar-refractivity contribution is 0.274. The van der Waals surface area contributed by atoms with Gasteiger partial charge in [-0.3, -0.25) is 0 Å². The van der Waals surface area contributed by atoms with Crippen LogP contribution >= 0.6 is 15.9 Å². The fourth-order valence-electron chi connectivity index (χ4n) is 1.82. The van der Waals surface area contributed by atoms with Gasteiger partial charge in [0.15, 0.2) is 0 Å². The molecule has 0 bridgehead atoms. The highest BCUT2D eigenvalue weighted by Gasteiger charge is 2.03. The van der Waals surface area contributed by atoms with Gasteiger partial charge in [-0.1, -0.05) is 40.2 Å². The number of halogens is 1. The second-order valence-electron chi connectivity index (χ2n) is 4.00. The highest BCUT2D eigenvalue weighted by atomic mass is 79.9. The Kier molecular flexibility index (Phi) is 3.07. The summed E-state index contributed by atoms with van der Waals surface area (Å²) in [5, 5.41) is 1.10. The Morgan fingerprint density at radius 3 is 2.72 bits per heavy atom. The van der Waals surface area contributed by atoms with Crippen LogP contribution in [0.25, 0.3) is 11.0 Å². The monoisotopic (exact) mass is 302 g/mol. The van der Waals surface area contributed by atoms with Gasteiger partial charge >= 0.3 is 0 Å². The maximum absolute atomic E-state index is 5.68. The molecule has 2 aromatic carbocycles. The first-order valence-electron chi connectivity index (χ1n) is 5.67. The van der Waals surface area contributed by atoms with Crippen LogP contribution in [0.2, 0.25) is 0 Å². The predicted molar refractivity (Wildman–Crippen MR) is 74.7 cm³/mol. The van der Waals surface area contributed by atoms with Crippen molar-refractivity contribution >= 4 is 26.9 Å². The minimum atomic E-state index is 0.436. The molecule has 0 atom stereocenters. The summed E-state index contributed by atoms with van der Waals surface area (Å²) in [5.74, 6) is 1.65. The Bertz CT molecular complexity index is 640. The molecule has 3 rings (SSSR count). The zero-order chi connectivity index (χ0) is 12.4. The average Bonchev–Trinajstić information content (AvgIpc) is 2.79. The number of furan rings is 1. The molecule has 90 valence electrons. The molecule has 0 radical (unpaired) electrons. The number of hydrogen-bond acceptors (Lipinski definition) is 2. The Labute approximate surface area is 113 Å². The molecule has 0 aliphatic carbocycles. The molecule has 1 aromatic heterocycles. The van der Waals surface area contributed by atoms with Gasteiger partial charge in [-0.15, -0.1) is 0 Å². The van der Waals surface area contributed by atoms with Crippen LogP contribution in [0.4, 0.5) is 0 Å². The van der Waals surface area contributed by atoms with Gasteiger partial charge in [0.1, 0.15) is 23.7 Å². The molecule has 0 aliphatic heterocycles. The summed E-state index contributed by atoms with van der Waals surface area (Å²) in [6.07, 6.45) is 0. The van der Waals surface area contributed by atoms with Gasteiger partial charge in [0, 0.05) is 9.86 Å². The van der Waals surface area contributed by atoms with Crippen molar-refractivity contribution in [2.24, 2.45) is 0 Å². The van der Waals surface area contributed by atoms with Crippen LogP contribution in [0.5, 0.6) is 5.75 Å². The Morgan fingerprint density at radius 2 is 1.89 bits per heavy atom. The molecule has 18 heavy (non-hydrogen) atoms. The smallest absolute Gasteiger partial charge is 0.146 e. The third-order valence-electron chi connectivity index (χ3n) is 2.65. The van der Waals surface area contributed by atoms with Crippen molar-refractivity contribution in [2.75, 3.05) is 0 Å². The van der Waals surface area contributed by atoms with Crippen molar-refractivity contribution in [2.45, 2.75) is 6.61 Å². The van der Waals surface area contributed by atoms with Gasteiger partial charge in [-0.2, -0.15) is 0 Å². The first kappa shape index (κ1) is 11.4. The van der Waals surface area contributed by atoms with Crippen molar-refractivity contribution < 1.29 is 9.15 Å². The van der Waals surface area contributed by atoms with Gasteiger partial charge in [-0.25, -0.2) is 0 Å². The van der Waals surface area contributed by atoms with Gasteiger partial charge < -0.3 is 9.15 Å². The van der Waals surface area contributed by atoms with Crippen molar-refractivity contribution in [3.8, 4) is 5.75 Å². The molecule has 0 unspecified atom stereocenters. The molecular formula is C15H11BrO2. The van der Waals surface area contributed by atoms with E-state index in [0.29, 0.717) is 6.61 Å². The van der Waals surface area contributed by atoms with Crippen LogP contribution in [0, 0.1) is 0 Å². The molecule has 0 aliphatic rings. The van der Waals surface area contributed by atoms with Crippen LogP contribution in [0.3, 0.4) is 0 Å². The summed E-state index contributed by atoms with van der Waals surface area (Å²) in [7, 11) is 0. The van der Waals surface area contributed by atoms with E-state index in [-0.39, 0.29) is 0 Å². The fourth-order valence-corrected chi connectivity index (χ4v) is 2.20. The first-order chi connectivity index (χ1) is 8.81. The number of benzene rings is 2. The molecule has 2 nitrogen and oxygen atoms in total. The number of hydrogen-bond donors (Lipinski definition) is 0. The highest BCUT2D eigenvalue weighted by Crippen LogP contribution is 2.22. The van der Waals surface area contributed by atoms with Gasteiger partial charge in [-0.05, 0) is 30.3 Å². The molecule has 0 spiro atoms. The van der Waals surface area contributed by atoms with Crippen LogP contribution in [-0.2, 0) is 6.61 Å². The van der Waals surface area contributed by atoms with E-state index in [1.165, 1.54) is 0 Å². The van der Waals surface area contributed by atoms with E-state index in [1.54, 1.807) is 0 Å². The van der Waals surface area contributed by atoms with E-state index >= 15 is 0 Å². The fraction of sp³-hybridized carbons (Fsp3) is 0.0667.